The van der Waals surface area contributed by atoms with Gasteiger partial charge in [-0.25, -0.2) is 22.0 Å². The van der Waals surface area contributed by atoms with E-state index in [9.17, 15) is 46.1 Å². The zero-order valence-corrected chi connectivity index (χ0v) is 23.3. The van der Waals surface area contributed by atoms with Gasteiger partial charge >= 0.3 is 64.8 Å². The standard InChI is InChI=1S/C16H10N4O11S2.2Na/c21-16-11-3-2-10(32(26,27)28)5-8(11)6-14(33(29,30)31)15(16)18-17-12-4-1-9(19(22)23)7-13(12)20(24)25;;/h1-7H,(H3-,17,21,24,25,26,27,28,29,30,31);;/q;2*+1/p-1. The summed E-state index contributed by atoms with van der Waals surface area (Å²) in [7, 11) is -10.3. The molecular formula is C16H9N4Na2O11S2+. The molecule has 3 rings (SSSR count). The number of hydrogen-bond donors (Lipinski definition) is 2. The minimum absolute atomic E-state index is 0. The number of nitro groups is 1. The number of aromatic hydroxyl groups is 1. The monoisotopic (exact) mass is 543 g/mol. The third kappa shape index (κ3) is 6.79. The number of rotatable bonds is 6. The van der Waals surface area contributed by atoms with Crippen LogP contribution in [-0.2, 0) is 20.2 Å². The number of phenols is 1. The zero-order chi connectivity index (χ0) is 24.7. The van der Waals surface area contributed by atoms with Crippen LogP contribution in [0.4, 0.5) is 22.7 Å². The average Bonchev–Trinajstić information content (AvgIpc) is 2.70. The molecule has 0 saturated heterocycles. The van der Waals surface area contributed by atoms with Gasteiger partial charge in [0.15, 0.2) is 11.4 Å². The van der Waals surface area contributed by atoms with Crippen LogP contribution in [0.25, 0.3) is 10.8 Å². The molecule has 0 aliphatic carbocycles. The SMILES string of the molecule is O=[N+]([O-])c1ccc(N=Nc2c(S(=O)(=O)[O-])cc3cc(S(=O)(=O)[O-])ccc3c2O)c([N+](=O)O)c1.[Na+].[Na+]. The zero-order valence-electron chi connectivity index (χ0n) is 17.7. The number of fused-ring (bicyclic) bond motifs is 1. The minimum atomic E-state index is -5.35. The molecule has 0 atom stereocenters. The summed E-state index contributed by atoms with van der Waals surface area (Å²) in [5, 5.41) is 36.9. The Hall–Kier alpha value is -2.06. The van der Waals surface area contributed by atoms with Crippen molar-refractivity contribution >= 4 is 53.8 Å². The van der Waals surface area contributed by atoms with Gasteiger partial charge in [-0.3, -0.25) is 10.1 Å². The number of nitro benzene ring substituents is 1. The number of benzene rings is 3. The minimum Gasteiger partial charge on any atom is -0.744 e. The Labute approximate surface area is 240 Å². The molecule has 0 saturated carbocycles. The van der Waals surface area contributed by atoms with E-state index in [1.54, 1.807) is 0 Å². The molecule has 0 aliphatic heterocycles. The van der Waals surface area contributed by atoms with Crippen LogP contribution in [0, 0.1) is 15.0 Å². The van der Waals surface area contributed by atoms with Crippen molar-refractivity contribution in [1.29, 1.82) is 0 Å². The van der Waals surface area contributed by atoms with Crippen molar-refractivity contribution in [3.05, 3.63) is 57.5 Å². The van der Waals surface area contributed by atoms with Gasteiger partial charge in [0.05, 0.1) is 19.6 Å². The molecule has 0 aliphatic rings. The second-order valence-corrected chi connectivity index (χ2v) is 8.99. The smallest absolute Gasteiger partial charge is 0.744 e. The molecule has 0 aromatic heterocycles. The number of hydrogen-bond acceptors (Lipinski definition) is 12. The van der Waals surface area contributed by atoms with E-state index in [-0.39, 0.29) is 69.9 Å². The summed E-state index contributed by atoms with van der Waals surface area (Å²) in [6.07, 6.45) is 0. The third-order valence-corrected chi connectivity index (χ3v) is 5.90. The Balaban J connectivity index is 0.00000306. The summed E-state index contributed by atoms with van der Waals surface area (Å²) in [5.41, 5.74) is -2.76. The van der Waals surface area contributed by atoms with Crippen LogP contribution in [0.2, 0.25) is 0 Å². The molecule has 15 nitrogen and oxygen atoms in total. The number of azo groups is 1. The van der Waals surface area contributed by atoms with Gasteiger partial charge in [0, 0.05) is 11.5 Å². The van der Waals surface area contributed by atoms with Crippen molar-refractivity contribution < 1.29 is 105 Å². The Kier molecular flexibility index (Phi) is 10.0. The summed E-state index contributed by atoms with van der Waals surface area (Å²) in [6.45, 7) is 0. The quantitative estimate of drug-likeness (QED) is 0.101. The summed E-state index contributed by atoms with van der Waals surface area (Å²) in [4.78, 5) is 18.6. The predicted octanol–water partition coefficient (Wildman–Crippen LogP) is -3.52. The molecule has 35 heavy (non-hydrogen) atoms. The number of phenolic OH excluding ortho intramolecular Hbond substituents is 1. The van der Waals surface area contributed by atoms with Crippen LogP contribution < -0.4 is 59.1 Å². The van der Waals surface area contributed by atoms with E-state index in [1.165, 1.54) is 0 Å². The Morgan fingerprint density at radius 2 is 1.49 bits per heavy atom. The summed E-state index contributed by atoms with van der Waals surface area (Å²) in [5.74, 6) is -0.938. The normalized spacial score (nSPS) is 11.6. The molecule has 0 unspecified atom stereocenters. The van der Waals surface area contributed by atoms with Gasteiger partial charge < -0.3 is 14.2 Å². The largest absolute Gasteiger partial charge is 1.00 e. The second-order valence-electron chi connectivity index (χ2n) is 6.27. The van der Waals surface area contributed by atoms with Crippen molar-refractivity contribution in [3.8, 4) is 5.75 Å². The van der Waals surface area contributed by atoms with Crippen LogP contribution in [0.15, 0.2) is 62.5 Å². The first-order chi connectivity index (χ1) is 15.2. The van der Waals surface area contributed by atoms with Crippen molar-refractivity contribution in [2.45, 2.75) is 9.79 Å². The summed E-state index contributed by atoms with van der Waals surface area (Å²) < 4.78 is 68.7. The molecule has 3 aromatic rings. The second kappa shape index (κ2) is 11.3. The molecule has 0 bridgehead atoms. The van der Waals surface area contributed by atoms with E-state index >= 15 is 0 Å². The predicted molar refractivity (Wildman–Crippen MR) is 104 cm³/mol. The van der Waals surface area contributed by atoms with Crippen LogP contribution >= 0.6 is 0 Å². The van der Waals surface area contributed by atoms with Gasteiger partial charge in [-0.1, -0.05) is 0 Å². The topological polar surface area (TPSA) is 243 Å². The maximum absolute atomic E-state index is 11.7. The molecular weight excluding hydrogens is 534 g/mol. The fraction of sp³-hybridized carbons (Fsp3) is 0. The summed E-state index contributed by atoms with van der Waals surface area (Å²) in [6, 6.07) is 5.58. The van der Waals surface area contributed by atoms with Gasteiger partial charge in [-0.05, 0) is 35.7 Å². The Morgan fingerprint density at radius 1 is 0.857 bits per heavy atom. The van der Waals surface area contributed by atoms with Crippen LogP contribution in [0.5, 0.6) is 5.75 Å². The molecule has 3 aromatic carbocycles. The first kappa shape index (κ1) is 31.0. The number of nitrogens with zero attached hydrogens (tertiary/aromatic N) is 4. The molecule has 0 fully saturated rings. The van der Waals surface area contributed by atoms with E-state index in [2.05, 4.69) is 10.2 Å². The molecule has 172 valence electrons. The van der Waals surface area contributed by atoms with Crippen molar-refractivity contribution in [1.82, 2.24) is 0 Å². The van der Waals surface area contributed by atoms with Gasteiger partial charge in [-0.2, -0.15) is 0 Å². The maximum atomic E-state index is 11.7. The maximum Gasteiger partial charge on any atom is 1.00 e. The molecule has 19 heteroatoms. The van der Waals surface area contributed by atoms with Gasteiger partial charge in [0.25, 0.3) is 10.6 Å². The first-order valence-electron chi connectivity index (χ1n) is 8.28. The van der Waals surface area contributed by atoms with E-state index in [0.717, 1.165) is 30.3 Å². The Morgan fingerprint density at radius 3 is 2.00 bits per heavy atom. The fourth-order valence-electron chi connectivity index (χ4n) is 2.74. The van der Waals surface area contributed by atoms with Crippen LogP contribution in [0.3, 0.4) is 0 Å². The van der Waals surface area contributed by atoms with Crippen molar-refractivity contribution in [2.24, 2.45) is 10.2 Å². The first-order valence-corrected chi connectivity index (χ1v) is 11.1. The van der Waals surface area contributed by atoms with E-state index in [0.29, 0.717) is 12.1 Å². The summed E-state index contributed by atoms with van der Waals surface area (Å²) >= 11 is 0. The average molecular weight is 543 g/mol. The van der Waals surface area contributed by atoms with Gasteiger partial charge in [0.2, 0.25) is 0 Å². The Bertz CT molecular complexity index is 1590. The molecule has 0 heterocycles. The number of non-ortho nitro benzene ring substituents is 1. The fourth-order valence-corrected chi connectivity index (χ4v) is 3.89. The van der Waals surface area contributed by atoms with E-state index < -0.39 is 68.4 Å². The molecule has 0 radical (unpaired) electrons. The van der Waals surface area contributed by atoms with Crippen LogP contribution in [0.1, 0.15) is 0 Å². The van der Waals surface area contributed by atoms with E-state index in [1.807, 2.05) is 0 Å². The third-order valence-electron chi connectivity index (χ3n) is 4.21. The molecule has 0 spiro atoms. The van der Waals surface area contributed by atoms with Gasteiger partial charge in [-0.15, -0.1) is 10.2 Å². The molecule has 0 amide bonds. The molecule has 2 N–H and O–H groups in total. The van der Waals surface area contributed by atoms with Crippen LogP contribution in [-0.4, -0.2) is 46.1 Å². The van der Waals surface area contributed by atoms with Crippen molar-refractivity contribution in [2.75, 3.05) is 0 Å². The van der Waals surface area contributed by atoms with Gasteiger partial charge in [0.1, 0.15) is 32.0 Å². The van der Waals surface area contributed by atoms with Crippen molar-refractivity contribution in [3.63, 3.8) is 0 Å². The van der Waals surface area contributed by atoms with E-state index in [4.69, 9.17) is 5.21 Å².